The third kappa shape index (κ3) is 3.32. The minimum Gasteiger partial charge on any atom is -0.313 e. The fraction of sp³-hybridized carbons (Fsp3) is 0.579. The highest BCUT2D eigenvalue weighted by Gasteiger charge is 2.30. The monoisotopic (exact) mass is 310 g/mol. The second-order valence-electron chi connectivity index (χ2n) is 7.08. The van der Waals surface area contributed by atoms with E-state index in [1.165, 1.54) is 56.5 Å². The molecule has 4 rings (SSSR count). The molecule has 1 saturated heterocycles. The van der Waals surface area contributed by atoms with E-state index < -0.39 is 0 Å². The van der Waals surface area contributed by atoms with Crippen molar-refractivity contribution in [2.24, 2.45) is 0 Å². The van der Waals surface area contributed by atoms with E-state index in [4.69, 9.17) is 0 Å². The molecule has 2 aromatic rings. The van der Waals surface area contributed by atoms with Gasteiger partial charge in [-0.2, -0.15) is 0 Å². The average molecular weight is 310 g/mol. The Labute approximate surface area is 138 Å². The van der Waals surface area contributed by atoms with Crippen LogP contribution < -0.4 is 0 Å². The van der Waals surface area contributed by atoms with Crippen LogP contribution in [0.1, 0.15) is 55.8 Å². The van der Waals surface area contributed by atoms with Gasteiger partial charge in [-0.05, 0) is 37.8 Å². The summed E-state index contributed by atoms with van der Waals surface area (Å²) in [4.78, 5) is 2.72. The maximum atomic E-state index is 4.48. The zero-order valence-electron chi connectivity index (χ0n) is 13.8. The van der Waals surface area contributed by atoms with Crippen molar-refractivity contribution in [2.75, 3.05) is 13.1 Å². The Balaban J connectivity index is 1.48. The summed E-state index contributed by atoms with van der Waals surface area (Å²) in [7, 11) is 0. The second-order valence-corrected chi connectivity index (χ2v) is 7.08. The van der Waals surface area contributed by atoms with Gasteiger partial charge in [-0.3, -0.25) is 4.90 Å². The van der Waals surface area contributed by atoms with Gasteiger partial charge >= 0.3 is 0 Å². The molecule has 0 N–H and O–H groups in total. The van der Waals surface area contributed by atoms with Gasteiger partial charge in [-0.15, -0.1) is 10.2 Å². The molecule has 2 fully saturated rings. The van der Waals surface area contributed by atoms with Gasteiger partial charge in [0.1, 0.15) is 12.2 Å². The van der Waals surface area contributed by atoms with Crippen molar-refractivity contribution >= 4 is 0 Å². The van der Waals surface area contributed by atoms with Crippen LogP contribution in [0.15, 0.2) is 36.7 Å². The molecule has 4 nitrogen and oxygen atoms in total. The van der Waals surface area contributed by atoms with Gasteiger partial charge in [0.25, 0.3) is 0 Å². The first-order valence-corrected chi connectivity index (χ1v) is 9.06. The van der Waals surface area contributed by atoms with Crippen LogP contribution in [0, 0.1) is 0 Å². The van der Waals surface area contributed by atoms with E-state index in [2.05, 4.69) is 50.0 Å². The SMILES string of the molecule is c1ccc(Cn2cnnc2[C@H]2CCCN(C3CCCC3)C2)cc1. The lowest BCUT2D eigenvalue weighted by atomic mass is 9.95. The number of hydrogen-bond acceptors (Lipinski definition) is 3. The number of likely N-dealkylation sites (tertiary alicyclic amines) is 1. The van der Waals surface area contributed by atoms with Crippen LogP contribution in [-0.4, -0.2) is 38.8 Å². The number of nitrogens with zero attached hydrogens (tertiary/aromatic N) is 4. The molecule has 1 saturated carbocycles. The molecule has 1 atom stereocenters. The lowest BCUT2D eigenvalue weighted by Crippen LogP contribution is -2.41. The van der Waals surface area contributed by atoms with E-state index in [0.717, 1.165) is 19.1 Å². The minimum atomic E-state index is 0.538. The molecular formula is C19H26N4. The highest BCUT2D eigenvalue weighted by molar-refractivity contribution is 5.16. The lowest BCUT2D eigenvalue weighted by Gasteiger charge is -2.36. The first kappa shape index (κ1) is 14.9. The Bertz CT molecular complexity index is 615. The van der Waals surface area contributed by atoms with Crippen molar-refractivity contribution in [2.45, 2.75) is 57.0 Å². The summed E-state index contributed by atoms with van der Waals surface area (Å²) in [5, 5.41) is 8.69. The maximum Gasteiger partial charge on any atom is 0.137 e. The number of hydrogen-bond donors (Lipinski definition) is 0. The summed E-state index contributed by atoms with van der Waals surface area (Å²) < 4.78 is 2.25. The molecule has 0 spiro atoms. The predicted molar refractivity (Wildman–Crippen MR) is 91.4 cm³/mol. The van der Waals surface area contributed by atoms with E-state index in [9.17, 15) is 0 Å². The normalized spacial score (nSPS) is 23.4. The van der Waals surface area contributed by atoms with Gasteiger partial charge < -0.3 is 4.57 Å². The summed E-state index contributed by atoms with van der Waals surface area (Å²) >= 11 is 0. The van der Waals surface area contributed by atoms with Gasteiger partial charge in [-0.1, -0.05) is 43.2 Å². The van der Waals surface area contributed by atoms with Gasteiger partial charge in [0.15, 0.2) is 0 Å². The molecule has 0 amide bonds. The Morgan fingerprint density at radius 1 is 1.00 bits per heavy atom. The van der Waals surface area contributed by atoms with Crippen LogP contribution in [0.3, 0.4) is 0 Å². The Hall–Kier alpha value is -1.68. The van der Waals surface area contributed by atoms with Gasteiger partial charge in [0, 0.05) is 18.5 Å². The van der Waals surface area contributed by atoms with Crippen LogP contribution >= 0.6 is 0 Å². The number of piperidine rings is 1. The van der Waals surface area contributed by atoms with Crippen molar-refractivity contribution < 1.29 is 0 Å². The van der Waals surface area contributed by atoms with Crippen LogP contribution in [0.5, 0.6) is 0 Å². The molecule has 2 aliphatic rings. The number of benzene rings is 1. The predicted octanol–water partition coefficient (Wildman–Crippen LogP) is 3.45. The van der Waals surface area contributed by atoms with Crippen molar-refractivity contribution in [1.29, 1.82) is 0 Å². The second kappa shape index (κ2) is 6.83. The molecule has 0 unspecified atom stereocenters. The molecule has 1 aliphatic heterocycles. The quantitative estimate of drug-likeness (QED) is 0.867. The molecule has 1 aromatic carbocycles. The Morgan fingerprint density at radius 3 is 2.65 bits per heavy atom. The topological polar surface area (TPSA) is 34.0 Å². The van der Waals surface area contributed by atoms with Crippen molar-refractivity contribution in [3.63, 3.8) is 0 Å². The van der Waals surface area contributed by atoms with E-state index in [1.807, 2.05) is 6.33 Å². The van der Waals surface area contributed by atoms with Crippen molar-refractivity contribution in [3.8, 4) is 0 Å². The summed E-state index contributed by atoms with van der Waals surface area (Å²) in [6, 6.07) is 11.4. The highest BCUT2D eigenvalue weighted by Crippen LogP contribution is 2.31. The lowest BCUT2D eigenvalue weighted by molar-refractivity contribution is 0.146. The van der Waals surface area contributed by atoms with Crippen LogP contribution in [0.2, 0.25) is 0 Å². The summed E-state index contributed by atoms with van der Waals surface area (Å²) in [5.41, 5.74) is 1.32. The van der Waals surface area contributed by atoms with Gasteiger partial charge in [0.2, 0.25) is 0 Å². The van der Waals surface area contributed by atoms with Crippen molar-refractivity contribution in [3.05, 3.63) is 48.0 Å². The fourth-order valence-corrected chi connectivity index (χ4v) is 4.30. The smallest absolute Gasteiger partial charge is 0.137 e. The third-order valence-electron chi connectivity index (χ3n) is 5.50. The first-order chi connectivity index (χ1) is 11.4. The molecule has 122 valence electrons. The molecular weight excluding hydrogens is 284 g/mol. The van der Waals surface area contributed by atoms with Gasteiger partial charge in [0.05, 0.1) is 6.54 Å². The summed E-state index contributed by atoms with van der Waals surface area (Å²) in [6.07, 6.45) is 10.0. The van der Waals surface area contributed by atoms with E-state index in [0.29, 0.717) is 5.92 Å². The molecule has 1 aliphatic carbocycles. The molecule has 23 heavy (non-hydrogen) atoms. The Morgan fingerprint density at radius 2 is 1.83 bits per heavy atom. The largest absolute Gasteiger partial charge is 0.313 e. The average Bonchev–Trinajstić information content (AvgIpc) is 3.28. The van der Waals surface area contributed by atoms with Crippen LogP contribution in [0.25, 0.3) is 0 Å². The van der Waals surface area contributed by atoms with E-state index in [1.54, 1.807) is 0 Å². The van der Waals surface area contributed by atoms with Crippen LogP contribution in [-0.2, 0) is 6.54 Å². The summed E-state index contributed by atoms with van der Waals surface area (Å²) in [6.45, 7) is 3.31. The first-order valence-electron chi connectivity index (χ1n) is 9.06. The fourth-order valence-electron chi connectivity index (χ4n) is 4.30. The molecule has 1 aromatic heterocycles. The standard InChI is InChI=1S/C19H26N4/c1-2-7-16(8-3-1)13-23-15-20-21-19(23)17-9-6-12-22(14-17)18-10-4-5-11-18/h1-3,7-8,15,17-18H,4-6,9-14H2/t17-/m0/s1. The van der Waals surface area contributed by atoms with Crippen molar-refractivity contribution in [1.82, 2.24) is 19.7 Å². The van der Waals surface area contributed by atoms with E-state index >= 15 is 0 Å². The molecule has 2 heterocycles. The Kier molecular flexibility index (Phi) is 4.42. The molecule has 0 radical (unpaired) electrons. The minimum absolute atomic E-state index is 0.538. The summed E-state index contributed by atoms with van der Waals surface area (Å²) in [5.74, 6) is 1.71. The highest BCUT2D eigenvalue weighted by atomic mass is 15.3. The molecule has 4 heteroatoms. The van der Waals surface area contributed by atoms with Crippen LogP contribution in [0.4, 0.5) is 0 Å². The third-order valence-corrected chi connectivity index (χ3v) is 5.50. The maximum absolute atomic E-state index is 4.48. The van der Waals surface area contributed by atoms with Gasteiger partial charge in [-0.25, -0.2) is 0 Å². The zero-order chi connectivity index (χ0) is 15.5. The molecule has 0 bridgehead atoms. The zero-order valence-corrected chi connectivity index (χ0v) is 13.8. The number of aromatic nitrogens is 3. The van der Waals surface area contributed by atoms with E-state index in [-0.39, 0.29) is 0 Å². The number of rotatable bonds is 4.